The van der Waals surface area contributed by atoms with Crippen LogP contribution in [0.15, 0.2) is 63.0 Å². The maximum atomic E-state index is 13.0. The Bertz CT molecular complexity index is 1450. The van der Waals surface area contributed by atoms with Gasteiger partial charge in [0.1, 0.15) is 0 Å². The second kappa shape index (κ2) is 10.7. The smallest absolute Gasteiger partial charge is 0.329 e. The van der Waals surface area contributed by atoms with Gasteiger partial charge in [0, 0.05) is 12.1 Å². The van der Waals surface area contributed by atoms with Crippen molar-refractivity contribution < 1.29 is 13.2 Å². The number of nitrogens with zero attached hydrogens (tertiary/aromatic N) is 1. The number of hydrogen-bond acceptors (Lipinski definition) is 5. The number of aromatic nitrogens is 2. The van der Waals surface area contributed by atoms with Crippen LogP contribution in [0, 0.1) is 5.92 Å². The van der Waals surface area contributed by atoms with Gasteiger partial charge in [-0.2, -0.15) is 0 Å². The average molecular weight is 513 g/mol. The van der Waals surface area contributed by atoms with E-state index in [1.165, 1.54) is 16.7 Å². The number of rotatable bonds is 7. The van der Waals surface area contributed by atoms with E-state index in [1.807, 2.05) is 6.92 Å². The summed E-state index contributed by atoms with van der Waals surface area (Å²) in [5.74, 6) is 0.624. The lowest BCUT2D eigenvalue weighted by Crippen LogP contribution is -2.45. The third-order valence-electron chi connectivity index (χ3n) is 6.96. The molecular formula is C26H32N4O5S. The van der Waals surface area contributed by atoms with Gasteiger partial charge in [0.2, 0.25) is 0 Å². The van der Waals surface area contributed by atoms with Crippen molar-refractivity contribution in [3.05, 3.63) is 74.9 Å². The SMILES string of the molecule is CCC(Cc1ccc(S(=O)(=O)NC(=O)NC2CCC(C)CC2)cc1)n1c(=O)[nH]c2ccccc2c1=O. The molecule has 1 unspecified atom stereocenters. The fourth-order valence-corrected chi connectivity index (χ4v) is 5.72. The zero-order valence-electron chi connectivity index (χ0n) is 20.5. The highest BCUT2D eigenvalue weighted by atomic mass is 32.2. The van der Waals surface area contributed by atoms with Crippen molar-refractivity contribution in [3.63, 3.8) is 0 Å². The first-order valence-corrected chi connectivity index (χ1v) is 13.8. The fourth-order valence-electron chi connectivity index (χ4n) is 4.80. The number of urea groups is 1. The van der Waals surface area contributed by atoms with E-state index in [-0.39, 0.29) is 16.5 Å². The number of nitrogens with one attached hydrogen (secondary N) is 3. The number of fused-ring (bicyclic) bond motifs is 1. The van der Waals surface area contributed by atoms with E-state index < -0.39 is 27.8 Å². The molecule has 1 aromatic heterocycles. The first kappa shape index (κ1) is 25.7. The molecule has 3 aromatic rings. The molecule has 0 aliphatic heterocycles. The van der Waals surface area contributed by atoms with Crippen LogP contribution in [0.4, 0.5) is 4.79 Å². The molecule has 2 amide bonds. The number of carbonyl (C=O) groups excluding carboxylic acids is 1. The quantitative estimate of drug-likeness (QED) is 0.446. The van der Waals surface area contributed by atoms with Gasteiger partial charge in [0.15, 0.2) is 0 Å². The second-order valence-corrected chi connectivity index (χ2v) is 11.3. The molecule has 3 N–H and O–H groups in total. The van der Waals surface area contributed by atoms with Crippen LogP contribution in [0.5, 0.6) is 0 Å². The van der Waals surface area contributed by atoms with E-state index in [2.05, 4.69) is 21.9 Å². The van der Waals surface area contributed by atoms with Crippen LogP contribution < -0.4 is 21.3 Å². The highest BCUT2D eigenvalue weighted by molar-refractivity contribution is 7.90. The van der Waals surface area contributed by atoms with E-state index >= 15 is 0 Å². The molecule has 2 aromatic carbocycles. The molecule has 4 rings (SSSR count). The minimum absolute atomic E-state index is 0.0218. The Labute approximate surface area is 210 Å². The number of para-hydroxylation sites is 1. The number of amides is 2. The topological polar surface area (TPSA) is 130 Å². The summed E-state index contributed by atoms with van der Waals surface area (Å²) in [5, 5.41) is 3.19. The van der Waals surface area contributed by atoms with Gasteiger partial charge in [-0.3, -0.25) is 9.36 Å². The predicted octanol–water partition coefficient (Wildman–Crippen LogP) is 3.45. The number of benzene rings is 2. The van der Waals surface area contributed by atoms with Crippen LogP contribution in [0.3, 0.4) is 0 Å². The van der Waals surface area contributed by atoms with Crippen molar-refractivity contribution in [2.24, 2.45) is 5.92 Å². The van der Waals surface area contributed by atoms with Gasteiger partial charge in [-0.25, -0.2) is 22.7 Å². The minimum Gasteiger partial charge on any atom is -0.335 e. The molecule has 36 heavy (non-hydrogen) atoms. The summed E-state index contributed by atoms with van der Waals surface area (Å²) >= 11 is 0. The summed E-state index contributed by atoms with van der Waals surface area (Å²) in [5.41, 5.74) is 0.416. The lowest BCUT2D eigenvalue weighted by atomic mass is 9.87. The number of hydrogen-bond donors (Lipinski definition) is 3. The summed E-state index contributed by atoms with van der Waals surface area (Å²) in [6.07, 6.45) is 4.59. The van der Waals surface area contributed by atoms with E-state index in [0.29, 0.717) is 29.7 Å². The standard InChI is InChI=1S/C26H32N4O5S/c1-3-20(30-24(31)22-6-4-5-7-23(22)28-26(30)33)16-18-10-14-21(15-11-18)36(34,35)29-25(32)27-19-12-8-17(2)9-13-19/h4-7,10-11,14-15,17,19-20H,3,8-9,12-13,16H2,1-2H3,(H,28,33)(H2,27,29,32). The van der Waals surface area contributed by atoms with Crippen molar-refractivity contribution in [1.82, 2.24) is 19.6 Å². The summed E-state index contributed by atoms with van der Waals surface area (Å²) in [6.45, 7) is 4.06. The molecule has 0 saturated heterocycles. The molecule has 0 spiro atoms. The number of H-pyrrole nitrogens is 1. The summed E-state index contributed by atoms with van der Waals surface area (Å²) < 4.78 is 28.7. The van der Waals surface area contributed by atoms with Crippen molar-refractivity contribution in [1.29, 1.82) is 0 Å². The predicted molar refractivity (Wildman–Crippen MR) is 139 cm³/mol. The van der Waals surface area contributed by atoms with Crippen LogP contribution in [-0.2, 0) is 16.4 Å². The summed E-state index contributed by atoms with van der Waals surface area (Å²) in [4.78, 5) is 40.7. The normalized spacial score (nSPS) is 19.1. The number of aromatic amines is 1. The van der Waals surface area contributed by atoms with Gasteiger partial charge in [0.25, 0.3) is 15.6 Å². The maximum Gasteiger partial charge on any atom is 0.329 e. The average Bonchev–Trinajstić information content (AvgIpc) is 2.84. The zero-order chi connectivity index (χ0) is 25.9. The van der Waals surface area contributed by atoms with E-state index in [9.17, 15) is 22.8 Å². The Morgan fingerprint density at radius 3 is 2.39 bits per heavy atom. The molecule has 1 saturated carbocycles. The summed E-state index contributed by atoms with van der Waals surface area (Å²) in [7, 11) is -4.03. The lowest BCUT2D eigenvalue weighted by Gasteiger charge is -2.26. The molecule has 0 bridgehead atoms. The molecule has 10 heteroatoms. The molecule has 9 nitrogen and oxygen atoms in total. The van der Waals surface area contributed by atoms with Crippen LogP contribution in [-0.4, -0.2) is 30.0 Å². The second-order valence-electron chi connectivity index (χ2n) is 9.60. The van der Waals surface area contributed by atoms with Crippen LogP contribution in [0.25, 0.3) is 10.9 Å². The minimum atomic E-state index is -4.03. The molecule has 1 atom stereocenters. The van der Waals surface area contributed by atoms with Gasteiger partial charge in [0.05, 0.1) is 15.8 Å². The highest BCUT2D eigenvalue weighted by Crippen LogP contribution is 2.23. The Kier molecular flexibility index (Phi) is 7.63. The molecule has 192 valence electrons. The van der Waals surface area contributed by atoms with Gasteiger partial charge in [-0.15, -0.1) is 0 Å². The van der Waals surface area contributed by atoms with Crippen LogP contribution in [0.1, 0.15) is 57.6 Å². The van der Waals surface area contributed by atoms with Gasteiger partial charge < -0.3 is 10.3 Å². The Morgan fingerprint density at radius 2 is 1.72 bits per heavy atom. The third-order valence-corrected chi connectivity index (χ3v) is 8.30. The molecule has 1 aliphatic carbocycles. The third kappa shape index (κ3) is 5.70. The highest BCUT2D eigenvalue weighted by Gasteiger charge is 2.23. The Balaban J connectivity index is 1.46. The number of sulfonamides is 1. The Hall–Kier alpha value is -3.40. The molecular weight excluding hydrogens is 480 g/mol. The van der Waals surface area contributed by atoms with E-state index in [4.69, 9.17) is 0 Å². The molecule has 1 heterocycles. The van der Waals surface area contributed by atoms with Crippen LogP contribution in [0.2, 0.25) is 0 Å². The van der Waals surface area contributed by atoms with Crippen LogP contribution >= 0.6 is 0 Å². The first-order chi connectivity index (χ1) is 17.2. The van der Waals surface area contributed by atoms with Gasteiger partial charge in [-0.1, -0.05) is 38.1 Å². The molecule has 1 aliphatic rings. The van der Waals surface area contributed by atoms with Crippen molar-refractivity contribution in [3.8, 4) is 0 Å². The molecule has 1 fully saturated rings. The largest absolute Gasteiger partial charge is 0.335 e. The fraction of sp³-hybridized carbons (Fsp3) is 0.423. The summed E-state index contributed by atoms with van der Waals surface area (Å²) in [6, 6.07) is 11.8. The maximum absolute atomic E-state index is 13.0. The zero-order valence-corrected chi connectivity index (χ0v) is 21.3. The van der Waals surface area contributed by atoms with Crippen molar-refractivity contribution in [2.75, 3.05) is 0 Å². The van der Waals surface area contributed by atoms with Gasteiger partial charge in [-0.05, 0) is 74.3 Å². The molecule has 0 radical (unpaired) electrons. The van der Waals surface area contributed by atoms with Crippen molar-refractivity contribution >= 4 is 27.0 Å². The van der Waals surface area contributed by atoms with E-state index in [1.54, 1.807) is 36.4 Å². The van der Waals surface area contributed by atoms with Crippen molar-refractivity contribution in [2.45, 2.75) is 69.4 Å². The van der Waals surface area contributed by atoms with Gasteiger partial charge >= 0.3 is 11.7 Å². The number of carbonyl (C=O) groups is 1. The monoisotopic (exact) mass is 512 g/mol. The first-order valence-electron chi connectivity index (χ1n) is 12.3. The van der Waals surface area contributed by atoms with E-state index in [0.717, 1.165) is 31.2 Å². The lowest BCUT2D eigenvalue weighted by molar-refractivity contribution is 0.233. The Morgan fingerprint density at radius 1 is 1.06 bits per heavy atom.